The lowest BCUT2D eigenvalue weighted by Crippen LogP contribution is -2.59. The molecule has 11 nitrogen and oxygen atoms in total. The van der Waals surface area contributed by atoms with E-state index in [1.54, 1.807) is 20.8 Å². The summed E-state index contributed by atoms with van der Waals surface area (Å²) < 4.78 is 16.8. The predicted molar refractivity (Wildman–Crippen MR) is 202 cm³/mol. The molecule has 4 aromatic carbocycles. The van der Waals surface area contributed by atoms with Crippen LogP contribution in [0.2, 0.25) is 0 Å². The van der Waals surface area contributed by atoms with E-state index in [0.29, 0.717) is 25.1 Å². The number of anilines is 1. The van der Waals surface area contributed by atoms with Crippen LogP contribution in [0.25, 0.3) is 0 Å². The number of hydrogen-bond donors (Lipinski definition) is 3. The first-order valence-corrected chi connectivity index (χ1v) is 17.8. The van der Waals surface area contributed by atoms with Gasteiger partial charge in [-0.25, -0.2) is 9.59 Å². The average Bonchev–Trinajstić information content (AvgIpc) is 3.16. The fourth-order valence-corrected chi connectivity index (χ4v) is 6.31. The van der Waals surface area contributed by atoms with Crippen molar-refractivity contribution in [3.8, 4) is 0 Å². The van der Waals surface area contributed by atoms with Crippen LogP contribution in [0.15, 0.2) is 115 Å². The molecule has 278 valence electrons. The van der Waals surface area contributed by atoms with E-state index in [1.807, 2.05) is 115 Å². The molecule has 53 heavy (non-hydrogen) atoms. The number of hydrogen-bond acceptors (Lipinski definition) is 7. The third kappa shape index (κ3) is 10.9. The van der Waals surface area contributed by atoms with Crippen molar-refractivity contribution in [2.24, 2.45) is 0 Å². The molecule has 3 N–H and O–H groups in total. The van der Waals surface area contributed by atoms with Gasteiger partial charge in [0, 0.05) is 18.2 Å². The van der Waals surface area contributed by atoms with Crippen molar-refractivity contribution in [3.63, 3.8) is 0 Å². The Balaban J connectivity index is 1.31. The van der Waals surface area contributed by atoms with Crippen LogP contribution in [0.4, 0.5) is 15.3 Å². The van der Waals surface area contributed by atoms with Crippen molar-refractivity contribution in [1.29, 1.82) is 0 Å². The zero-order chi connectivity index (χ0) is 37.8. The van der Waals surface area contributed by atoms with Crippen LogP contribution in [-0.2, 0) is 36.8 Å². The molecule has 5 rings (SSSR count). The summed E-state index contributed by atoms with van der Waals surface area (Å²) >= 11 is 0. The van der Waals surface area contributed by atoms with Gasteiger partial charge in [-0.3, -0.25) is 14.5 Å². The summed E-state index contributed by atoms with van der Waals surface area (Å²) in [6.45, 7) is 5.82. The van der Waals surface area contributed by atoms with Crippen LogP contribution < -0.4 is 16.0 Å². The molecular formula is C42H48N4O7. The minimum absolute atomic E-state index is 0.00412. The minimum atomic E-state index is -1.02. The largest absolute Gasteiger partial charge is 0.453 e. The highest BCUT2D eigenvalue weighted by molar-refractivity contribution is 5.98. The zero-order valence-corrected chi connectivity index (χ0v) is 30.6. The van der Waals surface area contributed by atoms with Gasteiger partial charge in [0.25, 0.3) is 0 Å². The van der Waals surface area contributed by atoms with E-state index < -0.39 is 47.8 Å². The predicted octanol–water partition coefficient (Wildman–Crippen LogP) is 6.44. The molecular weight excluding hydrogens is 672 g/mol. The molecule has 1 saturated heterocycles. The van der Waals surface area contributed by atoms with E-state index in [9.17, 15) is 19.2 Å². The molecule has 1 aliphatic heterocycles. The molecule has 1 aliphatic rings. The number of alkyl carbamates (subject to hydrolysis) is 1. The number of amides is 4. The normalized spacial score (nSPS) is 16.3. The van der Waals surface area contributed by atoms with Gasteiger partial charge in [0.05, 0.1) is 26.4 Å². The number of aryl methyl sites for hydroxylation is 1. The molecule has 0 radical (unpaired) electrons. The van der Waals surface area contributed by atoms with Gasteiger partial charge in [-0.1, -0.05) is 109 Å². The average molecular weight is 721 g/mol. The number of morpholine rings is 1. The summed E-state index contributed by atoms with van der Waals surface area (Å²) in [6.07, 6.45) is -0.742. The van der Waals surface area contributed by atoms with E-state index >= 15 is 0 Å². The van der Waals surface area contributed by atoms with E-state index in [-0.39, 0.29) is 19.1 Å². The van der Waals surface area contributed by atoms with Crippen LogP contribution in [-0.4, -0.2) is 73.0 Å². The lowest BCUT2D eigenvalue weighted by atomic mass is 9.84. The van der Waals surface area contributed by atoms with Crippen molar-refractivity contribution in [2.75, 3.05) is 25.6 Å². The third-order valence-corrected chi connectivity index (χ3v) is 8.91. The van der Waals surface area contributed by atoms with Crippen molar-refractivity contribution in [1.82, 2.24) is 15.5 Å². The summed E-state index contributed by atoms with van der Waals surface area (Å²) in [5.74, 6) is -1.27. The standard InChI is InChI=1S/C42H48N4O7/c1-42(2,3)53-41(50)46-27-33(52-28-35(46)38(47)43-26-29-16-8-5-9-17-29)25-24-30-18-14-15-23-34(30)44-39(48)37(45-40(49)51-4)36(31-19-10-6-11-20-31)32-21-12-7-13-22-32/h5-23,33,35-37H,24-28H2,1-4H3,(H,43,47)(H,44,48)(H,45,49)/t33-,35+,37+/m1/s1. The number of nitrogens with zero attached hydrogens (tertiary/aromatic N) is 1. The smallest absolute Gasteiger partial charge is 0.411 e. The van der Waals surface area contributed by atoms with Gasteiger partial charge in [0.2, 0.25) is 11.8 Å². The maximum Gasteiger partial charge on any atom is 0.411 e. The van der Waals surface area contributed by atoms with E-state index in [1.165, 1.54) is 12.0 Å². The fourth-order valence-electron chi connectivity index (χ4n) is 6.31. The third-order valence-electron chi connectivity index (χ3n) is 8.91. The Morgan fingerprint density at radius 1 is 0.830 bits per heavy atom. The Morgan fingerprint density at radius 3 is 2.02 bits per heavy atom. The van der Waals surface area contributed by atoms with Gasteiger partial charge in [-0.05, 0) is 61.9 Å². The molecule has 0 aromatic heterocycles. The molecule has 0 saturated carbocycles. The van der Waals surface area contributed by atoms with E-state index in [4.69, 9.17) is 14.2 Å². The van der Waals surface area contributed by atoms with E-state index in [2.05, 4.69) is 16.0 Å². The number of benzene rings is 4. The quantitative estimate of drug-likeness (QED) is 0.153. The first kappa shape index (κ1) is 38.5. The van der Waals surface area contributed by atoms with Gasteiger partial charge in [-0.2, -0.15) is 0 Å². The molecule has 0 spiro atoms. The Hall–Kier alpha value is -5.68. The Bertz CT molecular complexity index is 1780. The van der Waals surface area contributed by atoms with Crippen molar-refractivity contribution < 1.29 is 33.4 Å². The molecule has 0 aliphatic carbocycles. The summed E-state index contributed by atoms with van der Waals surface area (Å²) in [7, 11) is 1.26. The summed E-state index contributed by atoms with van der Waals surface area (Å²) in [5, 5.41) is 8.76. The fraction of sp³-hybridized carbons (Fsp3) is 0.333. The lowest BCUT2D eigenvalue weighted by Gasteiger charge is -2.39. The van der Waals surface area contributed by atoms with Crippen LogP contribution >= 0.6 is 0 Å². The second kappa shape index (κ2) is 18.2. The molecule has 1 heterocycles. The molecule has 4 aromatic rings. The SMILES string of the molecule is COC(=O)N[C@H](C(=O)Nc1ccccc1CC[C@@H]1CN(C(=O)OC(C)(C)C)[C@H](C(=O)NCc2ccccc2)CO1)C(c1ccccc1)c1ccccc1. The van der Waals surface area contributed by atoms with Gasteiger partial charge >= 0.3 is 12.2 Å². The lowest BCUT2D eigenvalue weighted by molar-refractivity contribution is -0.137. The second-order valence-electron chi connectivity index (χ2n) is 13.9. The van der Waals surface area contributed by atoms with Gasteiger partial charge in [0.15, 0.2) is 0 Å². The molecule has 4 amide bonds. The number of para-hydroxylation sites is 1. The molecule has 1 fully saturated rings. The number of carbonyl (C=O) groups excluding carboxylic acids is 4. The summed E-state index contributed by atoms with van der Waals surface area (Å²) in [4.78, 5) is 55.0. The Labute approximate surface area is 311 Å². The van der Waals surface area contributed by atoms with Crippen molar-refractivity contribution >= 4 is 29.7 Å². The van der Waals surface area contributed by atoms with Crippen LogP contribution in [0.3, 0.4) is 0 Å². The number of methoxy groups -OCH3 is 1. The number of carbonyl (C=O) groups is 4. The number of rotatable bonds is 12. The summed E-state index contributed by atoms with van der Waals surface area (Å²) in [6, 6.07) is 34.2. The first-order chi connectivity index (χ1) is 25.5. The highest BCUT2D eigenvalue weighted by Gasteiger charge is 2.39. The Kier molecular flexibility index (Phi) is 13.2. The zero-order valence-electron chi connectivity index (χ0n) is 30.6. The second-order valence-corrected chi connectivity index (χ2v) is 13.9. The van der Waals surface area contributed by atoms with Crippen LogP contribution in [0, 0.1) is 0 Å². The number of nitrogens with one attached hydrogen (secondary N) is 3. The topological polar surface area (TPSA) is 135 Å². The van der Waals surface area contributed by atoms with E-state index in [0.717, 1.165) is 22.3 Å². The highest BCUT2D eigenvalue weighted by Crippen LogP contribution is 2.30. The van der Waals surface area contributed by atoms with Crippen LogP contribution in [0.5, 0.6) is 0 Å². The number of ether oxygens (including phenoxy) is 3. The van der Waals surface area contributed by atoms with Crippen molar-refractivity contribution in [3.05, 3.63) is 138 Å². The molecule has 0 unspecified atom stereocenters. The maximum atomic E-state index is 14.2. The molecule has 3 atom stereocenters. The van der Waals surface area contributed by atoms with Gasteiger partial charge in [-0.15, -0.1) is 0 Å². The van der Waals surface area contributed by atoms with Crippen molar-refractivity contribution in [2.45, 2.75) is 69.9 Å². The minimum Gasteiger partial charge on any atom is -0.453 e. The molecule has 11 heteroatoms. The highest BCUT2D eigenvalue weighted by atomic mass is 16.6. The first-order valence-electron chi connectivity index (χ1n) is 17.8. The summed E-state index contributed by atoms with van der Waals surface area (Å²) in [5.41, 5.74) is 3.29. The Morgan fingerprint density at radius 2 is 1.42 bits per heavy atom. The van der Waals surface area contributed by atoms with Gasteiger partial charge in [0.1, 0.15) is 17.7 Å². The monoisotopic (exact) mass is 720 g/mol. The van der Waals surface area contributed by atoms with Crippen LogP contribution in [0.1, 0.15) is 55.4 Å². The van der Waals surface area contributed by atoms with Gasteiger partial charge < -0.3 is 30.2 Å². The maximum absolute atomic E-state index is 14.2. The molecule has 0 bridgehead atoms.